The molecule has 2 saturated heterocycles. The molecule has 0 saturated carbocycles. The maximum absolute atomic E-state index is 14.6. The van der Waals surface area contributed by atoms with Gasteiger partial charge in [0, 0.05) is 17.7 Å². The van der Waals surface area contributed by atoms with Crippen LogP contribution in [0.25, 0.3) is 11.3 Å². The van der Waals surface area contributed by atoms with E-state index in [0.717, 1.165) is 0 Å². The predicted octanol–water partition coefficient (Wildman–Crippen LogP) is 0.647. The summed E-state index contributed by atoms with van der Waals surface area (Å²) in [4.78, 5) is 28.2. The summed E-state index contributed by atoms with van der Waals surface area (Å²) in [7, 11) is 0. The van der Waals surface area contributed by atoms with Gasteiger partial charge in [-0.15, -0.1) is 0 Å². The van der Waals surface area contributed by atoms with Crippen molar-refractivity contribution < 1.29 is 23.8 Å². The first-order chi connectivity index (χ1) is 14.9. The van der Waals surface area contributed by atoms with Crippen molar-refractivity contribution in [2.75, 3.05) is 31.7 Å². The van der Waals surface area contributed by atoms with Crippen LogP contribution in [0, 0.1) is 23.1 Å². The number of primary amides is 1. The summed E-state index contributed by atoms with van der Waals surface area (Å²) in [6, 6.07) is 7.48. The lowest BCUT2D eigenvalue weighted by atomic mass is 9.88. The second kappa shape index (κ2) is 8.34. The van der Waals surface area contributed by atoms with E-state index in [1.807, 2.05) is 0 Å². The molecule has 0 bridgehead atoms. The Morgan fingerprint density at radius 3 is 2.81 bits per heavy atom. The molecule has 0 spiro atoms. The number of aliphatic hydroxyl groups is 1. The zero-order valence-corrected chi connectivity index (χ0v) is 16.6. The lowest BCUT2D eigenvalue weighted by Gasteiger charge is -2.28. The molecule has 0 aliphatic carbocycles. The lowest BCUT2D eigenvalue weighted by molar-refractivity contribution is -0.126. The van der Waals surface area contributed by atoms with E-state index in [0.29, 0.717) is 37.4 Å². The summed E-state index contributed by atoms with van der Waals surface area (Å²) in [6.07, 6.45) is 0.396. The highest BCUT2D eigenvalue weighted by atomic mass is 19.1. The molecule has 9 heteroatoms. The molecule has 5 N–H and O–H groups in total. The third-order valence-corrected chi connectivity index (χ3v) is 5.36. The van der Waals surface area contributed by atoms with Crippen LogP contribution in [0.3, 0.4) is 0 Å². The second-order valence-electron chi connectivity index (χ2n) is 7.53. The number of nitrogens with two attached hydrogens (primary N) is 1. The highest BCUT2D eigenvalue weighted by Crippen LogP contribution is 2.28. The molecule has 2 fully saturated rings. The molecular formula is C22H21FN4O4. The summed E-state index contributed by atoms with van der Waals surface area (Å²) in [5.41, 5.74) is 5.58. The fraction of sp³-hybridized carbons (Fsp3) is 0.318. The van der Waals surface area contributed by atoms with Crippen molar-refractivity contribution >= 4 is 17.5 Å². The highest BCUT2D eigenvalue weighted by molar-refractivity contribution is 5.97. The van der Waals surface area contributed by atoms with Crippen LogP contribution >= 0.6 is 0 Å². The SMILES string of the molecule is NC(=O)c1nc(-c2cc(C#C[C@@]3(CO)CCNC3=O)ccc2F)ccc1NC1COC1. The first-order valence-corrected chi connectivity index (χ1v) is 9.79. The van der Waals surface area contributed by atoms with Gasteiger partial charge in [-0.05, 0) is 36.8 Å². The van der Waals surface area contributed by atoms with Crippen molar-refractivity contribution in [2.24, 2.45) is 11.1 Å². The number of aliphatic hydroxyl groups excluding tert-OH is 1. The van der Waals surface area contributed by atoms with Crippen LogP contribution in [0.2, 0.25) is 0 Å². The topological polar surface area (TPSA) is 127 Å². The number of anilines is 1. The number of nitrogens with zero attached hydrogens (tertiary/aromatic N) is 1. The van der Waals surface area contributed by atoms with E-state index in [9.17, 15) is 19.1 Å². The van der Waals surface area contributed by atoms with E-state index in [1.54, 1.807) is 12.1 Å². The Kier molecular flexibility index (Phi) is 5.59. The van der Waals surface area contributed by atoms with Crippen LogP contribution in [0.4, 0.5) is 10.1 Å². The van der Waals surface area contributed by atoms with Gasteiger partial charge in [0.1, 0.15) is 11.2 Å². The van der Waals surface area contributed by atoms with Crippen molar-refractivity contribution in [1.82, 2.24) is 10.3 Å². The van der Waals surface area contributed by atoms with Crippen LogP contribution in [-0.2, 0) is 9.53 Å². The molecule has 2 aliphatic rings. The Balaban J connectivity index is 1.67. The quantitative estimate of drug-likeness (QED) is 0.522. The summed E-state index contributed by atoms with van der Waals surface area (Å²) in [6.45, 7) is 1.07. The van der Waals surface area contributed by atoms with Gasteiger partial charge in [-0.1, -0.05) is 11.8 Å². The average molecular weight is 424 g/mol. The van der Waals surface area contributed by atoms with E-state index in [4.69, 9.17) is 10.5 Å². The Labute approximate surface area is 178 Å². The molecule has 3 heterocycles. The summed E-state index contributed by atoms with van der Waals surface area (Å²) in [5.74, 6) is 4.08. The maximum atomic E-state index is 14.6. The van der Waals surface area contributed by atoms with Gasteiger partial charge in [0.05, 0.1) is 37.2 Å². The third-order valence-electron chi connectivity index (χ3n) is 5.36. The van der Waals surface area contributed by atoms with Crippen LogP contribution in [0.1, 0.15) is 22.5 Å². The third kappa shape index (κ3) is 4.08. The number of nitrogens with one attached hydrogen (secondary N) is 2. The first-order valence-electron chi connectivity index (χ1n) is 9.79. The Bertz CT molecular complexity index is 1110. The largest absolute Gasteiger partial charge is 0.394 e. The molecule has 2 aromatic rings. The zero-order chi connectivity index (χ0) is 22.0. The maximum Gasteiger partial charge on any atom is 0.269 e. The fourth-order valence-electron chi connectivity index (χ4n) is 3.43. The molecule has 160 valence electrons. The van der Waals surface area contributed by atoms with Crippen molar-refractivity contribution in [2.45, 2.75) is 12.5 Å². The van der Waals surface area contributed by atoms with Gasteiger partial charge in [0.15, 0.2) is 5.69 Å². The molecule has 0 unspecified atom stereocenters. The number of hydrogen-bond donors (Lipinski definition) is 4. The number of benzene rings is 1. The number of carbonyl (C=O) groups excluding carboxylic acids is 2. The van der Waals surface area contributed by atoms with Crippen LogP contribution in [-0.4, -0.2) is 54.3 Å². The minimum Gasteiger partial charge on any atom is -0.394 e. The van der Waals surface area contributed by atoms with Gasteiger partial charge in [0.2, 0.25) is 5.91 Å². The number of hydrogen-bond acceptors (Lipinski definition) is 6. The molecule has 2 amide bonds. The number of ether oxygens (including phenoxy) is 1. The molecule has 1 aromatic heterocycles. The van der Waals surface area contributed by atoms with Crippen LogP contribution in [0.5, 0.6) is 0 Å². The smallest absolute Gasteiger partial charge is 0.269 e. The lowest BCUT2D eigenvalue weighted by Crippen LogP contribution is -2.40. The van der Waals surface area contributed by atoms with Gasteiger partial charge in [-0.2, -0.15) is 0 Å². The minimum atomic E-state index is -1.16. The molecule has 1 aromatic carbocycles. The highest BCUT2D eigenvalue weighted by Gasteiger charge is 2.40. The number of carbonyl (C=O) groups is 2. The van der Waals surface area contributed by atoms with Gasteiger partial charge in [0.25, 0.3) is 5.91 Å². The summed E-state index contributed by atoms with van der Waals surface area (Å²) in [5, 5.41) is 15.4. The Morgan fingerprint density at radius 2 is 2.19 bits per heavy atom. The van der Waals surface area contributed by atoms with E-state index < -0.39 is 23.7 Å². The summed E-state index contributed by atoms with van der Waals surface area (Å²) >= 11 is 0. The standard InChI is InChI=1S/C22H21FN4O4/c23-16-2-1-13(5-6-22(12-28)7-8-25-21(22)30)9-15(16)17-3-4-18(19(27-17)20(24)29)26-14-10-31-11-14/h1-4,9,14,26,28H,7-8,10-12H2,(H2,24,29)(H,25,30)/t22-/m0/s1. The molecule has 1 atom stereocenters. The number of rotatable bonds is 5. The number of amides is 2. The summed E-state index contributed by atoms with van der Waals surface area (Å²) < 4.78 is 19.7. The molecule has 0 radical (unpaired) electrons. The van der Waals surface area contributed by atoms with Crippen molar-refractivity contribution in [3.8, 4) is 23.1 Å². The normalized spacial score (nSPS) is 20.4. The van der Waals surface area contributed by atoms with Crippen LogP contribution < -0.4 is 16.4 Å². The molecular weight excluding hydrogens is 403 g/mol. The van der Waals surface area contributed by atoms with Gasteiger partial charge in [-0.3, -0.25) is 9.59 Å². The molecule has 4 rings (SSSR count). The van der Waals surface area contributed by atoms with E-state index in [-0.39, 0.29) is 28.9 Å². The molecule has 2 aliphatic heterocycles. The Morgan fingerprint density at radius 1 is 1.39 bits per heavy atom. The molecule has 31 heavy (non-hydrogen) atoms. The second-order valence-corrected chi connectivity index (χ2v) is 7.53. The monoisotopic (exact) mass is 424 g/mol. The molecule has 8 nitrogen and oxygen atoms in total. The Hall–Kier alpha value is -3.48. The van der Waals surface area contributed by atoms with Gasteiger partial charge < -0.3 is 26.2 Å². The van der Waals surface area contributed by atoms with Crippen molar-refractivity contribution in [3.63, 3.8) is 0 Å². The van der Waals surface area contributed by atoms with E-state index >= 15 is 0 Å². The number of aromatic nitrogens is 1. The van der Waals surface area contributed by atoms with E-state index in [2.05, 4.69) is 27.5 Å². The number of halogens is 1. The predicted molar refractivity (Wildman–Crippen MR) is 110 cm³/mol. The fourth-order valence-corrected chi connectivity index (χ4v) is 3.43. The van der Waals surface area contributed by atoms with Crippen molar-refractivity contribution in [1.29, 1.82) is 0 Å². The minimum absolute atomic E-state index is 0.00199. The van der Waals surface area contributed by atoms with Crippen LogP contribution in [0.15, 0.2) is 30.3 Å². The van der Waals surface area contributed by atoms with Gasteiger partial charge in [-0.25, -0.2) is 9.37 Å². The zero-order valence-electron chi connectivity index (χ0n) is 16.6. The average Bonchev–Trinajstić information content (AvgIpc) is 3.10. The number of pyridine rings is 1. The first kappa shape index (κ1) is 20.8. The van der Waals surface area contributed by atoms with E-state index in [1.165, 1.54) is 18.2 Å². The van der Waals surface area contributed by atoms with Crippen molar-refractivity contribution in [3.05, 3.63) is 47.4 Å². The van der Waals surface area contributed by atoms with Gasteiger partial charge >= 0.3 is 0 Å².